The molecule has 1 aliphatic rings. The van der Waals surface area contributed by atoms with Gasteiger partial charge in [0.15, 0.2) is 0 Å². The molecule has 1 aliphatic heterocycles. The van der Waals surface area contributed by atoms with Crippen LogP contribution in [0.4, 0.5) is 0 Å². The molecule has 0 spiro atoms. The summed E-state index contributed by atoms with van der Waals surface area (Å²) in [7, 11) is 1.47. The van der Waals surface area contributed by atoms with Gasteiger partial charge in [0.2, 0.25) is 0 Å². The van der Waals surface area contributed by atoms with Gasteiger partial charge in [-0.1, -0.05) is 29.4 Å². The first-order chi connectivity index (χ1) is 13.5. The molecule has 0 aromatic heterocycles. The Kier molecular flexibility index (Phi) is 5.76. The van der Waals surface area contributed by atoms with E-state index in [9.17, 15) is 15.2 Å². The third-order valence-corrected chi connectivity index (χ3v) is 5.13. The maximum atomic E-state index is 13.0. The van der Waals surface area contributed by atoms with Crippen molar-refractivity contribution < 1.29 is 14.7 Å². The maximum Gasteiger partial charge on any atom is 0.254 e. The highest BCUT2D eigenvalue weighted by Crippen LogP contribution is 2.27. The van der Waals surface area contributed by atoms with Crippen LogP contribution in [-0.2, 0) is 4.84 Å². The van der Waals surface area contributed by atoms with Crippen molar-refractivity contribution in [1.82, 2.24) is 4.90 Å². The molecule has 0 aliphatic carbocycles. The number of hydrogen-bond acceptors (Lipinski definition) is 5. The number of nitriles is 1. The van der Waals surface area contributed by atoms with Crippen LogP contribution in [0, 0.1) is 18.3 Å². The average molecular weight is 377 g/mol. The molecule has 0 saturated carbocycles. The van der Waals surface area contributed by atoms with Gasteiger partial charge in [-0.2, -0.15) is 5.26 Å². The highest BCUT2D eigenvalue weighted by molar-refractivity contribution is 6.00. The highest BCUT2D eigenvalue weighted by Gasteiger charge is 2.36. The Morgan fingerprint density at radius 3 is 2.64 bits per heavy atom. The Morgan fingerprint density at radius 2 is 2.04 bits per heavy atom. The van der Waals surface area contributed by atoms with E-state index in [0.717, 1.165) is 22.4 Å². The molecule has 144 valence electrons. The van der Waals surface area contributed by atoms with Gasteiger partial charge in [0.05, 0.1) is 36.0 Å². The lowest BCUT2D eigenvalue weighted by atomic mass is 9.96. The summed E-state index contributed by atoms with van der Waals surface area (Å²) >= 11 is 0. The van der Waals surface area contributed by atoms with Crippen LogP contribution in [-0.4, -0.2) is 47.4 Å². The Balaban J connectivity index is 1.86. The van der Waals surface area contributed by atoms with E-state index in [-0.39, 0.29) is 11.9 Å². The molecule has 3 rings (SSSR count). The van der Waals surface area contributed by atoms with Crippen LogP contribution >= 0.6 is 0 Å². The lowest BCUT2D eigenvalue weighted by molar-refractivity contribution is 0.0538. The van der Waals surface area contributed by atoms with Crippen LogP contribution < -0.4 is 0 Å². The molecule has 0 radical (unpaired) electrons. The fourth-order valence-electron chi connectivity index (χ4n) is 3.61. The highest BCUT2D eigenvalue weighted by atomic mass is 16.6. The number of nitrogens with zero attached hydrogens (tertiary/aromatic N) is 3. The molecule has 2 aromatic rings. The van der Waals surface area contributed by atoms with Gasteiger partial charge >= 0.3 is 0 Å². The smallest absolute Gasteiger partial charge is 0.254 e. The van der Waals surface area contributed by atoms with Gasteiger partial charge in [-0.3, -0.25) is 4.79 Å². The van der Waals surface area contributed by atoms with Gasteiger partial charge in [-0.05, 0) is 48.7 Å². The zero-order chi connectivity index (χ0) is 20.3. The number of carbonyl (C=O) groups excluding carboxylic acids is 1. The standard InChI is InChI=1S/C22H23N3O3/c1-14-18(12-23)5-4-6-20(14)16-7-9-17(10-8-16)22(27)25-13-19(24-28-3)11-21(25)15(2)26/h4-10,15,21,26H,11,13H2,1-3H3/b24-19+. The summed E-state index contributed by atoms with van der Waals surface area (Å²) < 4.78 is 0. The Morgan fingerprint density at radius 1 is 1.32 bits per heavy atom. The molecular formula is C22H23N3O3. The normalized spacial score (nSPS) is 18.8. The Bertz CT molecular complexity index is 942. The number of amides is 1. The molecule has 2 unspecified atom stereocenters. The monoisotopic (exact) mass is 377 g/mol. The number of likely N-dealkylation sites (tertiary alicyclic amines) is 1. The van der Waals surface area contributed by atoms with E-state index in [1.54, 1.807) is 30.0 Å². The third-order valence-electron chi connectivity index (χ3n) is 5.13. The van der Waals surface area contributed by atoms with Gasteiger partial charge in [0, 0.05) is 12.0 Å². The Hall–Kier alpha value is -3.17. The van der Waals surface area contributed by atoms with Crippen LogP contribution in [0.2, 0.25) is 0 Å². The van der Waals surface area contributed by atoms with E-state index in [0.29, 0.717) is 24.1 Å². The van der Waals surface area contributed by atoms with Crippen molar-refractivity contribution in [2.24, 2.45) is 5.16 Å². The molecule has 28 heavy (non-hydrogen) atoms. The lowest BCUT2D eigenvalue weighted by Crippen LogP contribution is -2.41. The molecule has 2 aromatic carbocycles. The van der Waals surface area contributed by atoms with E-state index in [4.69, 9.17) is 4.84 Å². The topological polar surface area (TPSA) is 85.9 Å². The van der Waals surface area contributed by atoms with Crippen LogP contribution in [0.15, 0.2) is 47.6 Å². The fraction of sp³-hybridized carbons (Fsp3) is 0.318. The summed E-state index contributed by atoms with van der Waals surface area (Å²) in [6.07, 6.45) is -0.167. The summed E-state index contributed by atoms with van der Waals surface area (Å²) in [5.41, 5.74) is 4.75. The van der Waals surface area contributed by atoms with Crippen molar-refractivity contribution in [3.8, 4) is 17.2 Å². The van der Waals surface area contributed by atoms with Crippen LogP contribution in [0.25, 0.3) is 11.1 Å². The van der Waals surface area contributed by atoms with Gasteiger partial charge in [-0.15, -0.1) is 0 Å². The number of rotatable bonds is 4. The molecule has 1 N–H and O–H groups in total. The van der Waals surface area contributed by atoms with Crippen molar-refractivity contribution in [3.05, 3.63) is 59.2 Å². The summed E-state index contributed by atoms with van der Waals surface area (Å²) in [5.74, 6) is -0.152. The summed E-state index contributed by atoms with van der Waals surface area (Å²) in [6, 6.07) is 14.8. The second-order valence-corrected chi connectivity index (χ2v) is 6.95. The molecule has 1 heterocycles. The Labute approximate surface area is 164 Å². The molecule has 2 atom stereocenters. The van der Waals surface area contributed by atoms with Crippen molar-refractivity contribution in [2.75, 3.05) is 13.7 Å². The predicted molar refractivity (Wildman–Crippen MR) is 107 cm³/mol. The van der Waals surface area contributed by atoms with Crippen molar-refractivity contribution in [3.63, 3.8) is 0 Å². The largest absolute Gasteiger partial charge is 0.399 e. The molecule has 6 nitrogen and oxygen atoms in total. The van der Waals surface area contributed by atoms with Gasteiger partial charge in [0.25, 0.3) is 5.91 Å². The summed E-state index contributed by atoms with van der Waals surface area (Å²) in [6.45, 7) is 3.93. The summed E-state index contributed by atoms with van der Waals surface area (Å²) in [4.78, 5) is 19.5. The zero-order valence-electron chi connectivity index (χ0n) is 16.2. The molecule has 0 bridgehead atoms. The minimum atomic E-state index is -0.663. The molecular weight excluding hydrogens is 354 g/mol. The number of oxime groups is 1. The zero-order valence-corrected chi connectivity index (χ0v) is 16.2. The molecule has 1 amide bonds. The summed E-state index contributed by atoms with van der Waals surface area (Å²) in [5, 5.41) is 23.2. The van der Waals surface area contributed by atoms with Gasteiger partial charge < -0.3 is 14.8 Å². The van der Waals surface area contributed by atoms with E-state index in [1.807, 2.05) is 31.2 Å². The van der Waals surface area contributed by atoms with E-state index in [1.165, 1.54) is 7.11 Å². The lowest BCUT2D eigenvalue weighted by Gasteiger charge is -2.26. The SMILES string of the molecule is CO/N=C1\CC(C(C)O)N(C(=O)c2ccc(-c3cccc(C#N)c3C)cc2)C1. The second kappa shape index (κ2) is 8.24. The van der Waals surface area contributed by atoms with Crippen LogP contribution in [0.5, 0.6) is 0 Å². The van der Waals surface area contributed by atoms with E-state index in [2.05, 4.69) is 11.2 Å². The van der Waals surface area contributed by atoms with Crippen molar-refractivity contribution in [2.45, 2.75) is 32.4 Å². The first-order valence-electron chi connectivity index (χ1n) is 9.14. The van der Waals surface area contributed by atoms with Crippen LogP contribution in [0.3, 0.4) is 0 Å². The maximum absolute atomic E-state index is 13.0. The van der Waals surface area contributed by atoms with Crippen LogP contribution in [0.1, 0.15) is 34.8 Å². The van der Waals surface area contributed by atoms with E-state index < -0.39 is 6.10 Å². The van der Waals surface area contributed by atoms with Crippen molar-refractivity contribution >= 4 is 11.6 Å². The minimum absolute atomic E-state index is 0.152. The quantitative estimate of drug-likeness (QED) is 0.830. The molecule has 6 heteroatoms. The third kappa shape index (κ3) is 3.75. The molecule has 1 saturated heterocycles. The number of benzene rings is 2. The first-order valence-corrected chi connectivity index (χ1v) is 9.14. The number of carbonyl (C=O) groups is 1. The van der Waals surface area contributed by atoms with Gasteiger partial charge in [0.1, 0.15) is 7.11 Å². The molecule has 1 fully saturated rings. The fourth-order valence-corrected chi connectivity index (χ4v) is 3.61. The minimum Gasteiger partial charge on any atom is -0.399 e. The van der Waals surface area contributed by atoms with E-state index >= 15 is 0 Å². The first kappa shape index (κ1) is 19.6. The second-order valence-electron chi connectivity index (χ2n) is 6.95. The number of aliphatic hydroxyl groups excluding tert-OH is 1. The van der Waals surface area contributed by atoms with Gasteiger partial charge in [-0.25, -0.2) is 0 Å². The average Bonchev–Trinajstić information content (AvgIpc) is 3.12. The number of hydrogen-bond donors (Lipinski definition) is 1. The number of aliphatic hydroxyl groups is 1. The predicted octanol–water partition coefficient (Wildman–Crippen LogP) is 3.13. The van der Waals surface area contributed by atoms with Crippen molar-refractivity contribution in [1.29, 1.82) is 5.26 Å².